The lowest BCUT2D eigenvalue weighted by molar-refractivity contribution is 0.289. The predicted molar refractivity (Wildman–Crippen MR) is 85.0 cm³/mol. The average molecular weight is 265 g/mol. The molecule has 0 aliphatic heterocycles. The van der Waals surface area contributed by atoms with Crippen LogP contribution in [0.3, 0.4) is 0 Å². The largest absolute Gasteiger partial charge is 0.310 e. The van der Waals surface area contributed by atoms with Crippen molar-refractivity contribution < 1.29 is 0 Å². The Morgan fingerprint density at radius 3 is 2.35 bits per heavy atom. The summed E-state index contributed by atoms with van der Waals surface area (Å²) in [6.45, 7) is 5.32. The maximum atomic E-state index is 3.68. The minimum absolute atomic E-state index is 0.682. The highest BCUT2D eigenvalue weighted by Gasteiger charge is 2.29. The molecule has 0 heterocycles. The molecule has 2 aromatic carbocycles. The molecule has 0 amide bonds. The van der Waals surface area contributed by atoms with Crippen molar-refractivity contribution in [1.29, 1.82) is 0 Å². The van der Waals surface area contributed by atoms with Crippen molar-refractivity contribution in [2.45, 2.75) is 45.2 Å². The number of aryl methyl sites for hydroxylation is 2. The molecule has 20 heavy (non-hydrogen) atoms. The Morgan fingerprint density at radius 2 is 1.65 bits per heavy atom. The van der Waals surface area contributed by atoms with E-state index in [9.17, 15) is 0 Å². The summed E-state index contributed by atoms with van der Waals surface area (Å²) in [6.07, 6.45) is 2.55. The number of nitrogens with one attached hydrogen (secondary N) is 1. The van der Waals surface area contributed by atoms with E-state index in [-0.39, 0.29) is 0 Å². The van der Waals surface area contributed by atoms with Gasteiger partial charge >= 0.3 is 0 Å². The maximum Gasteiger partial charge on any atom is 0.0208 e. The van der Waals surface area contributed by atoms with Crippen molar-refractivity contribution in [1.82, 2.24) is 5.32 Å². The van der Waals surface area contributed by atoms with Crippen LogP contribution in [0.15, 0.2) is 48.5 Å². The molecule has 3 rings (SSSR count). The minimum atomic E-state index is 0.682. The maximum absolute atomic E-state index is 3.68. The van der Waals surface area contributed by atoms with Crippen LogP contribution in [0, 0.1) is 13.8 Å². The van der Waals surface area contributed by atoms with Gasteiger partial charge in [-0.05, 0) is 43.7 Å². The zero-order valence-corrected chi connectivity index (χ0v) is 12.4. The van der Waals surface area contributed by atoms with Crippen molar-refractivity contribution in [3.63, 3.8) is 0 Å². The van der Waals surface area contributed by atoms with Crippen molar-refractivity contribution in [3.8, 4) is 0 Å². The third-order valence-corrected chi connectivity index (χ3v) is 4.33. The SMILES string of the molecule is Cc1cccc(CNC2CC(c3cccc(C)c3)C2)c1. The second-order valence-corrected chi connectivity index (χ2v) is 6.15. The summed E-state index contributed by atoms with van der Waals surface area (Å²) in [5.41, 5.74) is 5.62. The Labute approximate surface area is 122 Å². The molecular formula is C19H23N. The van der Waals surface area contributed by atoms with Crippen LogP contribution in [0.2, 0.25) is 0 Å². The second kappa shape index (κ2) is 5.80. The van der Waals surface area contributed by atoms with E-state index in [4.69, 9.17) is 0 Å². The average Bonchev–Trinajstić information content (AvgIpc) is 2.37. The van der Waals surface area contributed by atoms with Gasteiger partial charge in [0.1, 0.15) is 0 Å². The molecule has 0 saturated heterocycles. The van der Waals surface area contributed by atoms with E-state index in [1.54, 1.807) is 0 Å². The van der Waals surface area contributed by atoms with Gasteiger partial charge in [0.25, 0.3) is 0 Å². The molecular weight excluding hydrogens is 242 g/mol. The second-order valence-electron chi connectivity index (χ2n) is 6.15. The fraction of sp³-hybridized carbons (Fsp3) is 0.368. The number of benzene rings is 2. The van der Waals surface area contributed by atoms with E-state index in [0.717, 1.165) is 12.5 Å². The molecule has 0 bridgehead atoms. The van der Waals surface area contributed by atoms with E-state index in [1.807, 2.05) is 0 Å². The number of rotatable bonds is 4. The summed E-state index contributed by atoms with van der Waals surface area (Å²) in [7, 11) is 0. The Hall–Kier alpha value is -1.60. The van der Waals surface area contributed by atoms with Crippen LogP contribution in [0.4, 0.5) is 0 Å². The van der Waals surface area contributed by atoms with Crippen molar-refractivity contribution >= 4 is 0 Å². The first-order chi connectivity index (χ1) is 9.70. The van der Waals surface area contributed by atoms with E-state index in [2.05, 4.69) is 67.7 Å². The van der Waals surface area contributed by atoms with Crippen LogP contribution in [-0.4, -0.2) is 6.04 Å². The van der Waals surface area contributed by atoms with Crippen molar-refractivity contribution in [2.24, 2.45) is 0 Å². The van der Waals surface area contributed by atoms with Gasteiger partial charge < -0.3 is 5.32 Å². The first kappa shape index (κ1) is 13.4. The lowest BCUT2D eigenvalue weighted by atomic mass is 9.75. The quantitative estimate of drug-likeness (QED) is 0.867. The van der Waals surface area contributed by atoms with E-state index >= 15 is 0 Å². The van der Waals surface area contributed by atoms with Gasteiger partial charge in [-0.1, -0.05) is 59.7 Å². The van der Waals surface area contributed by atoms with Crippen LogP contribution >= 0.6 is 0 Å². The number of hydrogen-bond donors (Lipinski definition) is 1. The summed E-state index contributed by atoms with van der Waals surface area (Å²) in [5, 5.41) is 3.68. The van der Waals surface area contributed by atoms with Crippen molar-refractivity contribution in [3.05, 3.63) is 70.8 Å². The Bertz CT molecular complexity index is 579. The fourth-order valence-corrected chi connectivity index (χ4v) is 3.07. The molecule has 1 aliphatic rings. The summed E-state index contributed by atoms with van der Waals surface area (Å²) < 4.78 is 0. The van der Waals surface area contributed by atoms with Crippen LogP contribution in [0.25, 0.3) is 0 Å². The van der Waals surface area contributed by atoms with Crippen LogP contribution < -0.4 is 5.32 Å². The number of hydrogen-bond acceptors (Lipinski definition) is 1. The zero-order chi connectivity index (χ0) is 13.9. The van der Waals surface area contributed by atoms with Gasteiger partial charge in [-0.15, -0.1) is 0 Å². The molecule has 104 valence electrons. The molecule has 1 fully saturated rings. The molecule has 0 aromatic heterocycles. The van der Waals surface area contributed by atoms with Gasteiger partial charge in [0.2, 0.25) is 0 Å². The molecule has 0 unspecified atom stereocenters. The molecule has 1 heteroatoms. The molecule has 1 N–H and O–H groups in total. The first-order valence-electron chi connectivity index (χ1n) is 7.56. The standard InChI is InChI=1S/C19H23N/c1-14-5-3-7-16(9-14)13-20-19-11-18(12-19)17-8-4-6-15(2)10-17/h3-10,18-20H,11-13H2,1-2H3. The van der Waals surface area contributed by atoms with Crippen molar-refractivity contribution in [2.75, 3.05) is 0 Å². The van der Waals surface area contributed by atoms with E-state index < -0.39 is 0 Å². The zero-order valence-electron chi connectivity index (χ0n) is 12.4. The molecule has 1 saturated carbocycles. The molecule has 0 atom stereocenters. The third-order valence-electron chi connectivity index (χ3n) is 4.33. The predicted octanol–water partition coefficient (Wildman–Crippen LogP) is 4.34. The van der Waals surface area contributed by atoms with Gasteiger partial charge in [0.05, 0.1) is 0 Å². The fourth-order valence-electron chi connectivity index (χ4n) is 3.07. The highest BCUT2D eigenvalue weighted by Crippen LogP contribution is 2.37. The summed E-state index contributed by atoms with van der Waals surface area (Å²) in [6, 6.07) is 18.4. The van der Waals surface area contributed by atoms with Gasteiger partial charge in [0, 0.05) is 12.6 Å². The monoisotopic (exact) mass is 265 g/mol. The first-order valence-corrected chi connectivity index (χ1v) is 7.56. The molecule has 1 nitrogen and oxygen atoms in total. The molecule has 0 radical (unpaired) electrons. The topological polar surface area (TPSA) is 12.0 Å². The Kier molecular flexibility index (Phi) is 3.88. The lowest BCUT2D eigenvalue weighted by Gasteiger charge is -2.36. The normalized spacial score (nSPS) is 21.5. The minimum Gasteiger partial charge on any atom is -0.310 e. The highest BCUT2D eigenvalue weighted by molar-refractivity contribution is 5.28. The van der Waals surface area contributed by atoms with Crippen LogP contribution in [0.1, 0.15) is 41.0 Å². The lowest BCUT2D eigenvalue weighted by Crippen LogP contribution is -2.39. The van der Waals surface area contributed by atoms with E-state index in [1.165, 1.54) is 35.1 Å². The highest BCUT2D eigenvalue weighted by atomic mass is 14.9. The molecule has 2 aromatic rings. The molecule has 1 aliphatic carbocycles. The molecule has 0 spiro atoms. The summed E-state index contributed by atoms with van der Waals surface area (Å²) >= 11 is 0. The van der Waals surface area contributed by atoms with Crippen LogP contribution in [0.5, 0.6) is 0 Å². The van der Waals surface area contributed by atoms with Gasteiger partial charge in [-0.3, -0.25) is 0 Å². The van der Waals surface area contributed by atoms with Gasteiger partial charge in [0.15, 0.2) is 0 Å². The Morgan fingerprint density at radius 1 is 0.950 bits per heavy atom. The third kappa shape index (κ3) is 3.10. The van der Waals surface area contributed by atoms with Gasteiger partial charge in [-0.2, -0.15) is 0 Å². The smallest absolute Gasteiger partial charge is 0.0208 e. The summed E-state index contributed by atoms with van der Waals surface area (Å²) in [5.74, 6) is 0.755. The summed E-state index contributed by atoms with van der Waals surface area (Å²) in [4.78, 5) is 0. The van der Waals surface area contributed by atoms with Gasteiger partial charge in [-0.25, -0.2) is 0 Å². The van der Waals surface area contributed by atoms with Crippen LogP contribution in [-0.2, 0) is 6.54 Å². The Balaban J connectivity index is 1.49. The van der Waals surface area contributed by atoms with E-state index in [0.29, 0.717) is 6.04 Å².